The number of fused-ring (bicyclic) bond motifs is 5. The van der Waals surface area contributed by atoms with Gasteiger partial charge in [0.15, 0.2) is 11.5 Å². The van der Waals surface area contributed by atoms with Crippen LogP contribution in [0.5, 0.6) is 40.2 Å². The number of phenols is 2. The van der Waals surface area contributed by atoms with Gasteiger partial charge in [-0.15, -0.1) is 0 Å². The van der Waals surface area contributed by atoms with Crippen LogP contribution in [0.25, 0.3) is 54.8 Å². The molecule has 0 atom stereocenters. The molecule has 5 aromatic heterocycles. The molecule has 10 aromatic carbocycles. The first-order valence-electron chi connectivity index (χ1n) is 37.2. The zero-order valence-corrected chi connectivity index (χ0v) is 71.9. The van der Waals surface area contributed by atoms with Crippen LogP contribution in [0.3, 0.4) is 0 Å². The van der Waals surface area contributed by atoms with E-state index < -0.39 is 73.7 Å². The van der Waals surface area contributed by atoms with Crippen LogP contribution < -0.4 is 72.5 Å². The van der Waals surface area contributed by atoms with Crippen molar-refractivity contribution in [3.63, 3.8) is 0 Å². The SMILES string of the molecule is CC(=O)NCc1ccc2oc(=O)c(C(=O)Oc3ccc(Br)cc3)cc2c1.CC(=O)NCc1ccc2oc(=O)c(C(=O)Oc3cccc(Br)c3)cc2c1.CC(=O)NCc1ccc2oc(=O)c(C(=O)Oc3cccc(Cl)c3)cc2c1.CS(=O)(=O)NCc1ccc2oc(=O)c(C(=O)Oc3cccc(Cl)c3)cc2c1.O=C(Oc1ccccc1)c1cc2cc(O)c(O)cc2oc1=O. The highest BCUT2D eigenvalue weighted by Crippen LogP contribution is 2.31. The molecule has 0 bridgehead atoms. The van der Waals surface area contributed by atoms with Gasteiger partial charge in [-0.25, -0.2) is 61.1 Å². The number of carbonyl (C=O) groups excluding carboxylic acids is 8. The molecule has 0 saturated heterocycles. The zero-order chi connectivity index (χ0) is 91.3. The number of para-hydroxylation sites is 1. The second-order valence-corrected chi connectivity index (χ2v) is 31.6. The molecular weight excluding hydrogens is 1840 g/mol. The van der Waals surface area contributed by atoms with Gasteiger partial charge in [0.25, 0.3) is 0 Å². The molecule has 5 heterocycles. The van der Waals surface area contributed by atoms with E-state index in [4.69, 9.17) is 69.0 Å². The quantitative estimate of drug-likeness (QED) is 0.0189. The normalized spacial score (nSPS) is 10.7. The summed E-state index contributed by atoms with van der Waals surface area (Å²) in [5.74, 6) is -4.11. The van der Waals surface area contributed by atoms with E-state index in [-0.39, 0.29) is 85.9 Å². The zero-order valence-electron chi connectivity index (χ0n) is 66.4. The van der Waals surface area contributed by atoms with Crippen LogP contribution in [0.15, 0.2) is 298 Å². The van der Waals surface area contributed by atoms with E-state index >= 15 is 0 Å². The Balaban J connectivity index is 0.000000154. The van der Waals surface area contributed by atoms with Gasteiger partial charge in [0.1, 0.15) is 84.5 Å². The molecule has 0 radical (unpaired) electrons. The van der Waals surface area contributed by atoms with E-state index in [0.29, 0.717) is 90.8 Å². The molecule has 3 amide bonds. The third-order valence-electron chi connectivity index (χ3n) is 17.3. The smallest absolute Gasteiger partial charge is 0.351 e. The summed E-state index contributed by atoms with van der Waals surface area (Å²) in [6, 6.07) is 63.3. The van der Waals surface area contributed by atoms with Gasteiger partial charge in [0.2, 0.25) is 27.7 Å². The van der Waals surface area contributed by atoms with E-state index in [9.17, 15) is 81.0 Å². The average Bonchev–Trinajstić information content (AvgIpc) is 0.814. The summed E-state index contributed by atoms with van der Waals surface area (Å²) in [5, 5.41) is 30.1. The Morgan fingerprint density at radius 2 is 0.614 bits per heavy atom. The Morgan fingerprint density at radius 3 is 0.945 bits per heavy atom. The molecule has 36 heteroatoms. The van der Waals surface area contributed by atoms with Crippen LogP contribution in [0.4, 0.5) is 0 Å². The van der Waals surface area contributed by atoms with Crippen LogP contribution >= 0.6 is 55.1 Å². The van der Waals surface area contributed by atoms with Gasteiger partial charge in [0, 0.05) is 98.9 Å². The number of ether oxygens (including phenoxy) is 5. The number of rotatable bonds is 19. The fourth-order valence-electron chi connectivity index (χ4n) is 11.3. The van der Waals surface area contributed by atoms with Crippen molar-refractivity contribution in [2.45, 2.75) is 47.0 Å². The van der Waals surface area contributed by atoms with Gasteiger partial charge in [-0.05, 0) is 198 Å². The van der Waals surface area contributed by atoms with Gasteiger partial charge in [-0.1, -0.05) is 116 Å². The Bertz CT molecular complexity index is 7070. The highest BCUT2D eigenvalue weighted by molar-refractivity contribution is 9.10. The molecule has 0 spiro atoms. The second-order valence-electron chi connectivity index (χ2n) is 27.0. The van der Waals surface area contributed by atoms with Crippen LogP contribution in [0.2, 0.25) is 10.0 Å². The number of esters is 5. The van der Waals surface area contributed by atoms with E-state index in [2.05, 4.69) is 52.5 Å². The maximum absolute atomic E-state index is 12.3. The van der Waals surface area contributed by atoms with Gasteiger partial charge >= 0.3 is 58.0 Å². The third-order valence-corrected chi connectivity index (χ3v) is 19.4. The first-order chi connectivity index (χ1) is 60.5. The number of halogens is 4. The second kappa shape index (κ2) is 42.4. The van der Waals surface area contributed by atoms with Crippen LogP contribution in [0, 0.1) is 0 Å². The maximum Gasteiger partial charge on any atom is 0.351 e. The summed E-state index contributed by atoms with van der Waals surface area (Å²) >= 11 is 18.3. The summed E-state index contributed by atoms with van der Waals surface area (Å²) in [7, 11) is -3.35. The van der Waals surface area contributed by atoms with E-state index in [0.717, 1.165) is 38.0 Å². The first-order valence-corrected chi connectivity index (χ1v) is 41.4. The molecule has 646 valence electrons. The number of hydrogen-bond donors (Lipinski definition) is 6. The minimum atomic E-state index is -3.35. The lowest BCUT2D eigenvalue weighted by atomic mass is 10.1. The first kappa shape index (κ1) is 92.8. The standard InChI is InChI=1S/2C19H14BrNO5.C19H14ClNO5.C18H14ClNO6S.C16H10O6/c1-11(22)21-10-12-2-7-17-13(8-12)9-16(19(24)26-17)18(23)25-15-5-3-14(20)4-6-15;2*1-11(22)21-10-12-5-6-17-13(7-12)8-16(19(24)26-17)18(23)25-15-4-2-3-14(20)9-15;1-27(23,24)20-10-11-5-6-16-12(7-11)8-15(18(22)26-16)17(21)25-14-4-2-3-13(19)9-14;17-12-7-9-6-11(16(20)22-14(9)8-13(12)18)15(19)21-10-4-2-1-3-5-10/h3*2-9H,10H2,1H3,(H,21,22);2-9,20H,10H2,1H3;1-8,17-18H. The number of hydrogen-bond acceptors (Lipinski definition) is 27. The average molecular weight is 1910 g/mol. The highest BCUT2D eigenvalue weighted by atomic mass is 79.9. The fraction of sp³-hybridized carbons (Fsp3) is 0.0879. The minimum Gasteiger partial charge on any atom is -0.504 e. The van der Waals surface area contributed by atoms with E-state index in [1.54, 1.807) is 176 Å². The number of carbonyl (C=O) groups is 8. The van der Waals surface area contributed by atoms with Crippen molar-refractivity contribution in [2.24, 2.45) is 0 Å². The Morgan fingerprint density at radius 1 is 0.323 bits per heavy atom. The monoisotopic (exact) mass is 1910 g/mol. The van der Waals surface area contributed by atoms with Gasteiger partial charge in [-0.2, -0.15) is 0 Å². The largest absolute Gasteiger partial charge is 0.504 e. The summed E-state index contributed by atoms with van der Waals surface area (Å²) < 4.78 is 77.9. The van der Waals surface area contributed by atoms with Crippen molar-refractivity contribution < 1.29 is 103 Å². The van der Waals surface area contributed by atoms with Crippen molar-refractivity contribution in [3.8, 4) is 40.2 Å². The molecule has 31 nitrogen and oxygen atoms in total. The summed E-state index contributed by atoms with van der Waals surface area (Å²) in [6.45, 7) is 5.34. The molecule has 15 rings (SSSR count). The summed E-state index contributed by atoms with van der Waals surface area (Å²) in [4.78, 5) is 155. The molecule has 0 aliphatic heterocycles. The fourth-order valence-corrected chi connectivity index (χ4v) is 12.7. The number of phenolic OH excluding ortho intramolecular Hbond substituents is 2. The van der Waals surface area contributed by atoms with Gasteiger partial charge in [0.05, 0.1) is 6.26 Å². The van der Waals surface area contributed by atoms with Crippen LogP contribution in [0.1, 0.15) is 94.8 Å². The molecule has 0 saturated carbocycles. The third kappa shape index (κ3) is 26.8. The van der Waals surface area contributed by atoms with Crippen LogP contribution in [-0.4, -0.2) is 72.5 Å². The molecule has 0 unspecified atom stereocenters. The van der Waals surface area contributed by atoms with Crippen molar-refractivity contribution in [3.05, 3.63) is 364 Å². The highest BCUT2D eigenvalue weighted by Gasteiger charge is 2.23. The number of amides is 3. The molecule has 127 heavy (non-hydrogen) atoms. The lowest BCUT2D eigenvalue weighted by molar-refractivity contribution is -0.120. The molecule has 6 N–H and O–H groups in total. The Labute approximate surface area is 743 Å². The van der Waals surface area contributed by atoms with Gasteiger partial charge in [-0.3, -0.25) is 14.4 Å². The van der Waals surface area contributed by atoms with Crippen molar-refractivity contribution in [2.75, 3.05) is 6.26 Å². The maximum atomic E-state index is 12.3. The number of nitrogens with one attached hydrogen (secondary N) is 4. The van der Waals surface area contributed by atoms with Crippen molar-refractivity contribution >= 4 is 167 Å². The number of aromatic hydroxyl groups is 2. The summed E-state index contributed by atoms with van der Waals surface area (Å²) in [6.07, 6.45) is 1.05. The minimum absolute atomic E-state index is 0.0524. The predicted molar refractivity (Wildman–Crippen MR) is 472 cm³/mol. The predicted octanol–water partition coefficient (Wildman–Crippen LogP) is 15.3. The number of benzene rings is 10. The molecule has 0 aliphatic rings. The lowest BCUT2D eigenvalue weighted by Crippen LogP contribution is -2.21. The van der Waals surface area contributed by atoms with Crippen molar-refractivity contribution in [1.29, 1.82) is 0 Å². The lowest BCUT2D eigenvalue weighted by Gasteiger charge is -2.06. The molecule has 0 fully saturated rings. The summed E-state index contributed by atoms with van der Waals surface area (Å²) in [5.41, 5.74) is -0.858. The topological polar surface area (TPSA) is 456 Å². The van der Waals surface area contributed by atoms with E-state index in [1.165, 1.54) is 81.4 Å². The van der Waals surface area contributed by atoms with E-state index in [1.807, 2.05) is 0 Å². The molecule has 15 aromatic rings. The number of sulfonamides is 1. The van der Waals surface area contributed by atoms with Crippen LogP contribution in [-0.2, 0) is 50.6 Å². The van der Waals surface area contributed by atoms with Gasteiger partial charge < -0.3 is 71.9 Å². The van der Waals surface area contributed by atoms with Crippen molar-refractivity contribution in [1.82, 2.24) is 20.7 Å². The molecular formula is C91H66Br2Cl2N4O27S. The Kier molecular flexibility index (Phi) is 31.0. The Hall–Kier alpha value is -14.9. The molecule has 0 aliphatic carbocycles.